The second-order valence-electron chi connectivity index (χ2n) is 5.74. The van der Waals surface area contributed by atoms with E-state index < -0.39 is 16.0 Å². The molecule has 1 N–H and O–H groups in total. The lowest BCUT2D eigenvalue weighted by Crippen LogP contribution is -2.39. The topological polar surface area (TPSA) is 79.6 Å². The van der Waals surface area contributed by atoms with Crippen LogP contribution in [0.4, 0.5) is 0 Å². The third kappa shape index (κ3) is 2.68. The predicted octanol–water partition coefficient (Wildman–Crippen LogP) is 2.97. The van der Waals surface area contributed by atoms with Crippen molar-refractivity contribution in [3.05, 3.63) is 39.8 Å². The quantitative estimate of drug-likeness (QED) is 0.880. The Morgan fingerprint density at radius 3 is 2.75 bits per heavy atom. The molecule has 0 spiro atoms. The Balaban J connectivity index is 2.04. The summed E-state index contributed by atoms with van der Waals surface area (Å²) < 4.78 is 29.2. The van der Waals surface area contributed by atoms with Crippen LogP contribution in [0.2, 0.25) is 0 Å². The van der Waals surface area contributed by atoms with Gasteiger partial charge in [-0.1, -0.05) is 6.92 Å². The summed E-state index contributed by atoms with van der Waals surface area (Å²) in [5, 5.41) is 11.3. The molecule has 0 radical (unpaired) electrons. The number of carboxylic acid groups (broad SMARTS) is 1. The van der Waals surface area contributed by atoms with Crippen LogP contribution in [0.3, 0.4) is 0 Å². The lowest BCUT2D eigenvalue weighted by atomic mass is 10.0. The highest BCUT2D eigenvalue weighted by atomic mass is 32.2. The maximum atomic E-state index is 13.1. The minimum Gasteiger partial charge on any atom is -0.477 e. The van der Waals surface area contributed by atoms with Crippen LogP contribution in [0.15, 0.2) is 28.6 Å². The van der Waals surface area contributed by atoms with Gasteiger partial charge in [-0.2, -0.15) is 4.31 Å². The van der Waals surface area contributed by atoms with E-state index in [-0.39, 0.29) is 16.6 Å². The Morgan fingerprint density at radius 1 is 1.42 bits per heavy atom. The fourth-order valence-electron chi connectivity index (χ4n) is 3.29. The van der Waals surface area contributed by atoms with Gasteiger partial charge in [0.2, 0.25) is 10.0 Å². The molecule has 3 heterocycles. The summed E-state index contributed by atoms with van der Waals surface area (Å²) in [6.07, 6.45) is 2.81. The number of hydrogen-bond donors (Lipinski definition) is 1. The second kappa shape index (κ2) is 6.34. The molecule has 0 fully saturated rings. The van der Waals surface area contributed by atoms with Gasteiger partial charge in [-0.15, -0.1) is 11.3 Å². The molecule has 0 bridgehead atoms. The first kappa shape index (κ1) is 17.2. The van der Waals surface area contributed by atoms with Gasteiger partial charge in [-0.3, -0.25) is 0 Å². The second-order valence-corrected chi connectivity index (χ2v) is 8.63. The summed E-state index contributed by atoms with van der Waals surface area (Å²) in [7, 11) is -3.74. The summed E-state index contributed by atoms with van der Waals surface area (Å²) in [5.74, 6) is -1.12. The molecule has 2 aromatic heterocycles. The van der Waals surface area contributed by atoms with Crippen molar-refractivity contribution in [1.29, 1.82) is 0 Å². The zero-order valence-corrected chi connectivity index (χ0v) is 15.2. The lowest BCUT2D eigenvalue weighted by molar-refractivity contribution is 0.0685. The molecule has 0 saturated carbocycles. The Hall–Kier alpha value is -1.64. The summed E-state index contributed by atoms with van der Waals surface area (Å²) in [4.78, 5) is 12.6. The first-order valence-electron chi connectivity index (χ1n) is 7.91. The van der Waals surface area contributed by atoms with E-state index in [4.69, 9.17) is 0 Å². The van der Waals surface area contributed by atoms with Crippen molar-refractivity contribution in [3.8, 4) is 0 Å². The first-order valence-corrected chi connectivity index (χ1v) is 10.2. The number of sulfonamides is 1. The van der Waals surface area contributed by atoms with Gasteiger partial charge in [0, 0.05) is 24.2 Å². The number of hydrogen-bond acceptors (Lipinski definition) is 4. The standard InChI is InChI=1S/C16H20N2O4S2/c1-3-13-12-6-8-23-15(12)5-7-18(13)24(21,22)11-9-14(16(19)20)17(4-2)10-11/h6,8-10,13H,3-5,7H2,1-2H3,(H,19,20). The maximum Gasteiger partial charge on any atom is 0.352 e. The van der Waals surface area contributed by atoms with Crippen molar-refractivity contribution in [2.75, 3.05) is 6.54 Å². The molecule has 6 nitrogen and oxygen atoms in total. The van der Waals surface area contributed by atoms with Crippen LogP contribution >= 0.6 is 11.3 Å². The molecule has 1 aliphatic rings. The number of aryl methyl sites for hydroxylation is 1. The Bertz CT molecular complexity index is 867. The summed E-state index contributed by atoms with van der Waals surface area (Å²) in [5.41, 5.74) is 1.07. The van der Waals surface area contributed by atoms with Crippen LogP contribution in [0, 0.1) is 0 Å². The Kier molecular flexibility index (Phi) is 4.54. The maximum absolute atomic E-state index is 13.1. The van der Waals surface area contributed by atoms with Crippen molar-refractivity contribution in [2.24, 2.45) is 0 Å². The highest BCUT2D eigenvalue weighted by Gasteiger charge is 2.37. The van der Waals surface area contributed by atoms with Gasteiger partial charge in [0.1, 0.15) is 10.6 Å². The van der Waals surface area contributed by atoms with Gasteiger partial charge in [-0.05, 0) is 42.8 Å². The average molecular weight is 368 g/mol. The molecule has 8 heteroatoms. The van der Waals surface area contributed by atoms with E-state index in [2.05, 4.69) is 0 Å². The number of aromatic carboxylic acids is 1. The molecule has 0 amide bonds. The summed E-state index contributed by atoms with van der Waals surface area (Å²) in [6.45, 7) is 4.59. The molecule has 0 saturated heterocycles. The van der Waals surface area contributed by atoms with Crippen LogP contribution in [-0.4, -0.2) is 34.9 Å². The smallest absolute Gasteiger partial charge is 0.352 e. The predicted molar refractivity (Wildman–Crippen MR) is 92.0 cm³/mol. The van der Waals surface area contributed by atoms with E-state index >= 15 is 0 Å². The molecule has 0 aromatic carbocycles. The van der Waals surface area contributed by atoms with Crippen LogP contribution in [0.25, 0.3) is 0 Å². The van der Waals surface area contributed by atoms with Crippen LogP contribution in [0.1, 0.15) is 47.2 Å². The zero-order chi connectivity index (χ0) is 17.5. The first-order chi connectivity index (χ1) is 11.4. The van der Waals surface area contributed by atoms with Crippen LogP contribution < -0.4 is 0 Å². The fourth-order valence-corrected chi connectivity index (χ4v) is 5.93. The molecule has 2 aromatic rings. The number of nitrogens with zero attached hydrogens (tertiary/aromatic N) is 2. The van der Waals surface area contributed by atoms with E-state index in [0.717, 1.165) is 5.56 Å². The van der Waals surface area contributed by atoms with Crippen LogP contribution in [0.5, 0.6) is 0 Å². The molecular weight excluding hydrogens is 348 g/mol. The summed E-state index contributed by atoms with van der Waals surface area (Å²) >= 11 is 1.66. The minimum atomic E-state index is -3.74. The molecule has 1 unspecified atom stereocenters. The van der Waals surface area contributed by atoms with E-state index in [0.29, 0.717) is 25.9 Å². The van der Waals surface area contributed by atoms with E-state index in [1.165, 1.54) is 26.0 Å². The molecule has 1 atom stereocenters. The molecule has 0 aliphatic carbocycles. The van der Waals surface area contributed by atoms with Gasteiger partial charge in [0.05, 0.1) is 6.04 Å². The Morgan fingerprint density at radius 2 is 2.17 bits per heavy atom. The SMILES string of the molecule is CCC1c2ccsc2CCN1S(=O)(=O)c1cc(C(=O)O)n(CC)c1. The third-order valence-electron chi connectivity index (χ3n) is 4.47. The third-order valence-corrected chi connectivity index (χ3v) is 7.34. The molecule has 130 valence electrons. The summed E-state index contributed by atoms with van der Waals surface area (Å²) in [6, 6.07) is 3.07. The normalized spacial score (nSPS) is 18.5. The van der Waals surface area contributed by atoms with Gasteiger partial charge in [0.15, 0.2) is 0 Å². The minimum absolute atomic E-state index is 0.00245. The van der Waals surface area contributed by atoms with E-state index in [1.807, 2.05) is 18.4 Å². The van der Waals surface area contributed by atoms with E-state index in [1.54, 1.807) is 18.3 Å². The molecule has 3 rings (SSSR count). The van der Waals surface area contributed by atoms with Crippen molar-refractivity contribution in [3.63, 3.8) is 0 Å². The van der Waals surface area contributed by atoms with Crippen molar-refractivity contribution < 1.29 is 18.3 Å². The monoisotopic (exact) mass is 368 g/mol. The van der Waals surface area contributed by atoms with Crippen molar-refractivity contribution >= 4 is 27.3 Å². The van der Waals surface area contributed by atoms with Crippen LogP contribution in [-0.2, 0) is 23.0 Å². The number of aromatic nitrogens is 1. The molecular formula is C16H20N2O4S2. The fraction of sp³-hybridized carbons (Fsp3) is 0.438. The van der Waals surface area contributed by atoms with Gasteiger partial charge < -0.3 is 9.67 Å². The van der Waals surface area contributed by atoms with Gasteiger partial charge in [0.25, 0.3) is 0 Å². The van der Waals surface area contributed by atoms with Gasteiger partial charge in [-0.25, -0.2) is 13.2 Å². The average Bonchev–Trinajstić information content (AvgIpc) is 3.20. The largest absolute Gasteiger partial charge is 0.477 e. The molecule has 24 heavy (non-hydrogen) atoms. The van der Waals surface area contributed by atoms with Gasteiger partial charge >= 0.3 is 5.97 Å². The lowest BCUT2D eigenvalue weighted by Gasteiger charge is -2.34. The van der Waals surface area contributed by atoms with E-state index in [9.17, 15) is 18.3 Å². The number of carbonyl (C=O) groups is 1. The number of thiophene rings is 1. The Labute approximate surface area is 145 Å². The highest BCUT2D eigenvalue weighted by molar-refractivity contribution is 7.89. The van der Waals surface area contributed by atoms with Crippen molar-refractivity contribution in [2.45, 2.75) is 44.2 Å². The zero-order valence-electron chi connectivity index (χ0n) is 13.6. The number of fused-ring (bicyclic) bond motifs is 1. The number of carboxylic acids is 1. The van der Waals surface area contributed by atoms with Crippen molar-refractivity contribution in [1.82, 2.24) is 8.87 Å². The number of rotatable bonds is 5. The highest BCUT2D eigenvalue weighted by Crippen LogP contribution is 2.38. The molecule has 1 aliphatic heterocycles.